The number of para-hydroxylation sites is 1. The minimum Gasteiger partial charge on any atom is -0.658 e. The molecule has 0 radical (unpaired) electrons. The average Bonchev–Trinajstić information content (AvgIpc) is 3.03. The third kappa shape index (κ3) is 4.45. The van der Waals surface area contributed by atoms with E-state index in [1.807, 2.05) is 12.1 Å². The number of ether oxygens (including phenoxy) is 1. The lowest BCUT2D eigenvalue weighted by atomic mass is 10.2. The van der Waals surface area contributed by atoms with Crippen LogP contribution in [-0.4, -0.2) is 35.9 Å². The Balaban J connectivity index is 1.06. The first-order valence-electron chi connectivity index (χ1n) is 9.99. The average molecular weight is 432 g/mol. The van der Waals surface area contributed by atoms with E-state index in [1.54, 1.807) is 23.5 Å². The van der Waals surface area contributed by atoms with Crippen molar-refractivity contribution < 1.29 is 17.9 Å². The molecule has 3 aromatic rings. The fraction of sp³-hybridized carbons (Fsp3) is 0.409. The molecule has 1 aromatic heterocycles. The topological polar surface area (TPSA) is 39.5 Å². The molecule has 2 aliphatic rings. The standard InChI is InChI=1S/C22H21F3N3OS/c23-22(24,25)29-15-5-3-4-14(8-15)9-26-10-16-17-11-28(12-18(16)17)13-21-27-19-6-1-2-7-20(19)30-21/h1-8,16-18H,9-13H2/q-1. The molecule has 4 nitrogen and oxygen atoms in total. The van der Waals surface area contributed by atoms with Crippen molar-refractivity contribution in [1.29, 1.82) is 0 Å². The maximum absolute atomic E-state index is 12.3. The van der Waals surface area contributed by atoms with Crippen molar-refractivity contribution in [3.63, 3.8) is 0 Å². The maximum atomic E-state index is 12.3. The molecule has 0 spiro atoms. The lowest BCUT2D eigenvalue weighted by Crippen LogP contribution is -2.24. The molecule has 1 saturated carbocycles. The van der Waals surface area contributed by atoms with Crippen LogP contribution in [0, 0.1) is 17.8 Å². The number of thiazole rings is 1. The highest BCUT2D eigenvalue weighted by molar-refractivity contribution is 7.18. The van der Waals surface area contributed by atoms with E-state index < -0.39 is 6.36 Å². The molecule has 5 rings (SSSR count). The van der Waals surface area contributed by atoms with Crippen LogP contribution in [0.25, 0.3) is 15.5 Å². The molecule has 2 aromatic carbocycles. The van der Waals surface area contributed by atoms with Gasteiger partial charge in [-0.05, 0) is 36.1 Å². The first-order valence-corrected chi connectivity index (χ1v) is 10.8. The zero-order valence-corrected chi connectivity index (χ0v) is 17.0. The zero-order valence-electron chi connectivity index (χ0n) is 16.2. The van der Waals surface area contributed by atoms with Gasteiger partial charge in [-0.3, -0.25) is 4.90 Å². The lowest BCUT2D eigenvalue weighted by molar-refractivity contribution is -0.274. The van der Waals surface area contributed by atoms with E-state index in [-0.39, 0.29) is 5.75 Å². The van der Waals surface area contributed by atoms with Gasteiger partial charge in [0.25, 0.3) is 0 Å². The van der Waals surface area contributed by atoms with Crippen molar-refractivity contribution in [2.75, 3.05) is 19.6 Å². The van der Waals surface area contributed by atoms with Gasteiger partial charge in [0.15, 0.2) is 0 Å². The van der Waals surface area contributed by atoms with Gasteiger partial charge in [0.1, 0.15) is 10.8 Å². The molecule has 1 aliphatic heterocycles. The molecule has 158 valence electrons. The first-order chi connectivity index (χ1) is 14.4. The maximum Gasteiger partial charge on any atom is 0.573 e. The Hall–Kier alpha value is -2.16. The minimum atomic E-state index is -4.67. The number of piperidine rings is 1. The van der Waals surface area contributed by atoms with Crippen molar-refractivity contribution >= 4 is 21.6 Å². The SMILES string of the molecule is FC(F)(F)Oc1cccc(C[N-]CC2C3CN(Cc4nc5ccccc5s4)CC23)c1. The summed E-state index contributed by atoms with van der Waals surface area (Å²) in [6, 6.07) is 14.3. The number of hydrogen-bond acceptors (Lipinski definition) is 4. The number of halogens is 3. The van der Waals surface area contributed by atoms with Crippen LogP contribution in [0.3, 0.4) is 0 Å². The van der Waals surface area contributed by atoms with Crippen LogP contribution in [0.5, 0.6) is 5.75 Å². The summed E-state index contributed by atoms with van der Waals surface area (Å²) in [5, 5.41) is 5.76. The van der Waals surface area contributed by atoms with Gasteiger partial charge in [-0.2, -0.15) is 0 Å². The van der Waals surface area contributed by atoms with E-state index in [0.717, 1.165) is 37.3 Å². The van der Waals surface area contributed by atoms with Gasteiger partial charge in [0, 0.05) is 13.1 Å². The highest BCUT2D eigenvalue weighted by Gasteiger charge is 2.53. The van der Waals surface area contributed by atoms with E-state index in [1.165, 1.54) is 21.8 Å². The van der Waals surface area contributed by atoms with Crippen LogP contribution < -0.4 is 4.74 Å². The Morgan fingerprint density at radius 2 is 1.90 bits per heavy atom. The predicted octanol–water partition coefficient (Wildman–Crippen LogP) is 5.45. The third-order valence-electron chi connectivity index (χ3n) is 5.91. The second-order valence-electron chi connectivity index (χ2n) is 8.02. The summed E-state index contributed by atoms with van der Waals surface area (Å²) in [7, 11) is 0. The summed E-state index contributed by atoms with van der Waals surface area (Å²) in [4.78, 5) is 7.20. The molecule has 1 saturated heterocycles. The van der Waals surface area contributed by atoms with Gasteiger partial charge < -0.3 is 10.1 Å². The van der Waals surface area contributed by atoms with E-state index >= 15 is 0 Å². The van der Waals surface area contributed by atoms with E-state index in [2.05, 4.69) is 27.1 Å². The van der Waals surface area contributed by atoms with Crippen LogP contribution >= 0.6 is 11.3 Å². The molecule has 0 amide bonds. The molecule has 2 atom stereocenters. The normalized spacial score (nSPS) is 23.6. The van der Waals surface area contributed by atoms with Gasteiger partial charge in [-0.25, -0.2) is 4.98 Å². The Bertz CT molecular complexity index is 993. The number of nitrogens with zero attached hydrogens (tertiary/aromatic N) is 3. The molecular formula is C22H21F3N3OS-. The molecule has 8 heteroatoms. The number of benzene rings is 2. The second kappa shape index (κ2) is 7.83. The molecule has 2 fully saturated rings. The predicted molar refractivity (Wildman–Crippen MR) is 110 cm³/mol. The highest BCUT2D eigenvalue weighted by atomic mass is 32.1. The van der Waals surface area contributed by atoms with Crippen LogP contribution in [0.4, 0.5) is 13.2 Å². The summed E-state index contributed by atoms with van der Waals surface area (Å²) < 4.78 is 42.2. The quantitative estimate of drug-likeness (QED) is 0.499. The van der Waals surface area contributed by atoms with Crippen molar-refractivity contribution in [3.05, 3.63) is 64.4 Å². The lowest BCUT2D eigenvalue weighted by Gasteiger charge is -2.23. The largest absolute Gasteiger partial charge is 0.658 e. The van der Waals surface area contributed by atoms with Crippen LogP contribution in [0.2, 0.25) is 0 Å². The van der Waals surface area contributed by atoms with Gasteiger partial charge >= 0.3 is 6.36 Å². The summed E-state index contributed by atoms with van der Waals surface area (Å²) in [6.07, 6.45) is -4.67. The van der Waals surface area contributed by atoms with Crippen LogP contribution in [-0.2, 0) is 13.1 Å². The fourth-order valence-electron chi connectivity index (χ4n) is 4.50. The smallest absolute Gasteiger partial charge is 0.573 e. The number of alkyl halides is 3. The Morgan fingerprint density at radius 3 is 2.67 bits per heavy atom. The van der Waals surface area contributed by atoms with Crippen molar-refractivity contribution in [3.8, 4) is 5.75 Å². The van der Waals surface area contributed by atoms with Crippen LogP contribution in [0.1, 0.15) is 10.6 Å². The number of likely N-dealkylation sites (tertiary alicyclic amines) is 1. The first kappa shape index (κ1) is 19.8. The zero-order chi connectivity index (χ0) is 20.7. The van der Waals surface area contributed by atoms with E-state index in [9.17, 15) is 13.2 Å². The molecule has 30 heavy (non-hydrogen) atoms. The van der Waals surface area contributed by atoms with Gasteiger partial charge in [-0.15, -0.1) is 37.6 Å². The van der Waals surface area contributed by atoms with Gasteiger partial charge in [0.2, 0.25) is 0 Å². The molecular weight excluding hydrogens is 411 g/mol. The highest BCUT2D eigenvalue weighted by Crippen LogP contribution is 2.52. The van der Waals surface area contributed by atoms with E-state index in [0.29, 0.717) is 24.3 Å². The summed E-state index contributed by atoms with van der Waals surface area (Å²) >= 11 is 1.76. The molecule has 0 N–H and O–H groups in total. The monoisotopic (exact) mass is 432 g/mol. The molecule has 2 heterocycles. The van der Waals surface area contributed by atoms with Crippen molar-refractivity contribution in [2.24, 2.45) is 17.8 Å². The molecule has 2 unspecified atom stereocenters. The number of rotatable bonds is 7. The molecule has 0 bridgehead atoms. The van der Waals surface area contributed by atoms with Crippen molar-refractivity contribution in [1.82, 2.24) is 9.88 Å². The Labute approximate surface area is 176 Å². The van der Waals surface area contributed by atoms with E-state index in [4.69, 9.17) is 4.98 Å². The number of hydrogen-bond donors (Lipinski definition) is 0. The Kier molecular flexibility index (Phi) is 5.16. The molecule has 1 aliphatic carbocycles. The van der Waals surface area contributed by atoms with Gasteiger partial charge in [-0.1, -0.05) is 35.7 Å². The number of aromatic nitrogens is 1. The summed E-state index contributed by atoms with van der Waals surface area (Å²) in [6.45, 7) is 4.25. The number of fused-ring (bicyclic) bond motifs is 2. The van der Waals surface area contributed by atoms with Crippen molar-refractivity contribution in [2.45, 2.75) is 19.5 Å². The summed E-state index contributed by atoms with van der Waals surface area (Å²) in [5.41, 5.74) is 1.81. The van der Waals surface area contributed by atoms with Crippen LogP contribution in [0.15, 0.2) is 48.5 Å². The third-order valence-corrected chi connectivity index (χ3v) is 6.93. The minimum absolute atomic E-state index is 0.191. The fourth-order valence-corrected chi connectivity index (χ4v) is 5.51. The van der Waals surface area contributed by atoms with Gasteiger partial charge in [0.05, 0.1) is 16.8 Å². The summed E-state index contributed by atoms with van der Waals surface area (Å²) in [5.74, 6) is 1.78. The second-order valence-corrected chi connectivity index (χ2v) is 9.14. The Morgan fingerprint density at radius 1 is 1.10 bits per heavy atom.